The molecule has 0 spiro atoms. The van der Waals surface area contributed by atoms with E-state index in [1.807, 2.05) is 12.1 Å². The van der Waals surface area contributed by atoms with Gasteiger partial charge in [-0.3, -0.25) is 4.79 Å². The van der Waals surface area contributed by atoms with E-state index in [1.54, 1.807) is 19.1 Å². The van der Waals surface area contributed by atoms with E-state index in [-0.39, 0.29) is 12.5 Å². The summed E-state index contributed by atoms with van der Waals surface area (Å²) < 4.78 is 10.8. The first-order valence-corrected chi connectivity index (χ1v) is 8.70. The molecule has 1 amide bonds. The molecular formula is C18H18ClN3O3. The number of nitrogens with zero attached hydrogens (tertiary/aromatic N) is 2. The Bertz CT molecular complexity index is 853. The molecule has 0 radical (unpaired) electrons. The van der Waals surface area contributed by atoms with E-state index in [9.17, 15) is 4.79 Å². The highest BCUT2D eigenvalue weighted by molar-refractivity contribution is 6.30. The number of amides is 1. The summed E-state index contributed by atoms with van der Waals surface area (Å²) in [5, 5.41) is 7.78. The number of nitrogens with one attached hydrogen (secondary N) is 1. The highest BCUT2D eigenvalue weighted by atomic mass is 35.5. The van der Waals surface area contributed by atoms with E-state index >= 15 is 0 Å². The molecule has 0 saturated heterocycles. The van der Waals surface area contributed by atoms with Crippen molar-refractivity contribution in [2.24, 2.45) is 0 Å². The molecule has 2 heterocycles. The fraction of sp³-hybridized carbons (Fsp3) is 0.389. The van der Waals surface area contributed by atoms with E-state index in [0.29, 0.717) is 22.3 Å². The number of halogens is 1. The first-order chi connectivity index (χ1) is 12.1. The Morgan fingerprint density at radius 2 is 2.12 bits per heavy atom. The Hall–Kier alpha value is -2.34. The summed E-state index contributed by atoms with van der Waals surface area (Å²) in [6.45, 7) is 1.97. The van der Waals surface area contributed by atoms with Crippen LogP contribution in [0.2, 0.25) is 5.02 Å². The minimum Gasteiger partial charge on any atom is -0.488 e. The van der Waals surface area contributed by atoms with Crippen LogP contribution in [0, 0.1) is 6.92 Å². The van der Waals surface area contributed by atoms with Gasteiger partial charge < -0.3 is 14.6 Å². The number of hydrogen-bond donors (Lipinski definition) is 1. The summed E-state index contributed by atoms with van der Waals surface area (Å²) in [6.07, 6.45) is 5.45. The topological polar surface area (TPSA) is 77.2 Å². The Morgan fingerprint density at radius 1 is 1.32 bits per heavy atom. The molecule has 6 nitrogen and oxygen atoms in total. The third kappa shape index (κ3) is 3.02. The smallest absolute Gasteiger partial charge is 0.251 e. The lowest BCUT2D eigenvalue weighted by atomic mass is 9.95. The lowest BCUT2D eigenvalue weighted by Gasteiger charge is -2.28. The molecule has 1 saturated carbocycles. The van der Waals surface area contributed by atoms with Crippen molar-refractivity contribution in [1.82, 2.24) is 15.5 Å². The number of carbonyl (C=O) groups is 1. The van der Waals surface area contributed by atoms with Crippen LogP contribution in [0.25, 0.3) is 6.08 Å². The van der Waals surface area contributed by atoms with Gasteiger partial charge in [-0.05, 0) is 37.1 Å². The summed E-state index contributed by atoms with van der Waals surface area (Å²) in [4.78, 5) is 17.2. The number of fused-ring (bicyclic) bond motifs is 1. The van der Waals surface area contributed by atoms with Crippen LogP contribution >= 0.6 is 11.6 Å². The molecule has 1 fully saturated rings. The average Bonchev–Trinajstić information content (AvgIpc) is 3.24. The van der Waals surface area contributed by atoms with Crippen molar-refractivity contribution in [2.45, 2.75) is 38.1 Å². The van der Waals surface area contributed by atoms with Crippen LogP contribution in [0.5, 0.6) is 5.75 Å². The second-order valence-corrected chi connectivity index (χ2v) is 6.96. The van der Waals surface area contributed by atoms with Gasteiger partial charge in [-0.1, -0.05) is 29.6 Å². The number of carbonyl (C=O) groups excluding carboxylic acids is 1. The molecule has 1 N–H and O–H groups in total. The zero-order valence-corrected chi connectivity index (χ0v) is 14.6. The lowest BCUT2D eigenvalue weighted by molar-refractivity contribution is -0.119. The zero-order chi connectivity index (χ0) is 17.4. The van der Waals surface area contributed by atoms with E-state index in [1.165, 1.54) is 0 Å². The molecule has 2 aromatic rings. The number of ether oxygens (including phenoxy) is 1. The molecule has 0 bridgehead atoms. The van der Waals surface area contributed by atoms with Gasteiger partial charge in [0.2, 0.25) is 5.89 Å². The standard InChI is InChI=1S/C18H18ClN3O3/c1-11-20-17(22-25-11)18(6-2-3-7-18)21-16(23)13-8-12-9-14(19)4-5-15(12)24-10-13/h4-5,8-9H,2-3,6-7,10H2,1H3,(H,21,23). The molecule has 1 aliphatic carbocycles. The van der Waals surface area contributed by atoms with Gasteiger partial charge in [-0.15, -0.1) is 0 Å². The molecule has 1 aromatic carbocycles. The van der Waals surface area contributed by atoms with Gasteiger partial charge in [-0.2, -0.15) is 4.98 Å². The Kier molecular flexibility index (Phi) is 4.00. The van der Waals surface area contributed by atoms with Gasteiger partial charge in [-0.25, -0.2) is 0 Å². The fourth-order valence-electron chi connectivity index (χ4n) is 3.45. The van der Waals surface area contributed by atoms with E-state index < -0.39 is 5.54 Å². The molecule has 7 heteroatoms. The Morgan fingerprint density at radius 3 is 2.84 bits per heavy atom. The maximum Gasteiger partial charge on any atom is 0.251 e. The summed E-state index contributed by atoms with van der Waals surface area (Å²) in [5.74, 6) is 1.61. The van der Waals surface area contributed by atoms with Crippen LogP contribution in [0.15, 0.2) is 28.3 Å². The van der Waals surface area contributed by atoms with Crippen molar-refractivity contribution >= 4 is 23.6 Å². The molecule has 2 aliphatic rings. The fourth-order valence-corrected chi connectivity index (χ4v) is 3.63. The van der Waals surface area contributed by atoms with Gasteiger partial charge in [0.15, 0.2) is 5.82 Å². The van der Waals surface area contributed by atoms with E-state index in [4.69, 9.17) is 20.9 Å². The zero-order valence-electron chi connectivity index (χ0n) is 13.8. The highest BCUT2D eigenvalue weighted by Crippen LogP contribution is 2.38. The second kappa shape index (κ2) is 6.19. The average molecular weight is 360 g/mol. The van der Waals surface area contributed by atoms with Gasteiger partial charge in [0.25, 0.3) is 5.91 Å². The number of rotatable bonds is 3. The number of hydrogen-bond acceptors (Lipinski definition) is 5. The van der Waals surface area contributed by atoms with Crippen molar-refractivity contribution in [3.05, 3.63) is 46.1 Å². The van der Waals surface area contributed by atoms with Crippen LogP contribution in [0.1, 0.15) is 43.0 Å². The molecule has 1 aliphatic heterocycles. The lowest BCUT2D eigenvalue weighted by Crippen LogP contribution is -2.46. The van der Waals surface area contributed by atoms with Crippen LogP contribution in [0.3, 0.4) is 0 Å². The van der Waals surface area contributed by atoms with Crippen molar-refractivity contribution in [3.63, 3.8) is 0 Å². The quantitative estimate of drug-likeness (QED) is 0.908. The van der Waals surface area contributed by atoms with Crippen LogP contribution in [-0.4, -0.2) is 22.7 Å². The van der Waals surface area contributed by atoms with E-state index in [2.05, 4.69) is 15.5 Å². The normalized spacial score (nSPS) is 18.2. The molecule has 4 rings (SSSR count). The number of benzene rings is 1. The number of aromatic nitrogens is 2. The van der Waals surface area contributed by atoms with Crippen LogP contribution in [-0.2, 0) is 10.3 Å². The third-order valence-electron chi connectivity index (χ3n) is 4.74. The van der Waals surface area contributed by atoms with Crippen molar-refractivity contribution in [3.8, 4) is 5.75 Å². The Balaban J connectivity index is 1.60. The highest BCUT2D eigenvalue weighted by Gasteiger charge is 2.41. The van der Waals surface area contributed by atoms with Crippen LogP contribution < -0.4 is 10.1 Å². The van der Waals surface area contributed by atoms with Crippen LogP contribution in [0.4, 0.5) is 0 Å². The minimum atomic E-state index is -0.565. The van der Waals surface area contributed by atoms with Crippen molar-refractivity contribution in [2.75, 3.05) is 6.61 Å². The minimum absolute atomic E-state index is 0.171. The maximum absolute atomic E-state index is 12.9. The van der Waals surface area contributed by atoms with Gasteiger partial charge >= 0.3 is 0 Å². The van der Waals surface area contributed by atoms with E-state index in [0.717, 1.165) is 37.0 Å². The molecule has 0 unspecified atom stereocenters. The summed E-state index contributed by atoms with van der Waals surface area (Å²) in [5.41, 5.74) is 0.797. The SMILES string of the molecule is Cc1nc(C2(NC(=O)C3=Cc4cc(Cl)ccc4OC3)CCCC2)no1. The molecule has 1 aromatic heterocycles. The molecule has 0 atom stereocenters. The van der Waals surface area contributed by atoms with Gasteiger partial charge in [0, 0.05) is 17.5 Å². The summed E-state index contributed by atoms with van der Waals surface area (Å²) in [7, 11) is 0. The largest absolute Gasteiger partial charge is 0.488 e. The maximum atomic E-state index is 12.9. The third-order valence-corrected chi connectivity index (χ3v) is 4.98. The monoisotopic (exact) mass is 359 g/mol. The first-order valence-electron chi connectivity index (χ1n) is 8.32. The van der Waals surface area contributed by atoms with Crippen molar-refractivity contribution < 1.29 is 14.1 Å². The van der Waals surface area contributed by atoms with Crippen molar-refractivity contribution in [1.29, 1.82) is 0 Å². The molecular weight excluding hydrogens is 342 g/mol. The summed E-state index contributed by atoms with van der Waals surface area (Å²) in [6, 6.07) is 5.37. The molecule has 25 heavy (non-hydrogen) atoms. The first kappa shape index (κ1) is 16.1. The van der Waals surface area contributed by atoms with Gasteiger partial charge in [0.1, 0.15) is 17.9 Å². The van der Waals surface area contributed by atoms with Gasteiger partial charge in [0.05, 0.1) is 5.57 Å². The predicted octanol–water partition coefficient (Wildman–Crippen LogP) is 3.39. The number of aryl methyl sites for hydroxylation is 1. The Labute approximate surface area is 150 Å². The second-order valence-electron chi connectivity index (χ2n) is 6.52. The summed E-state index contributed by atoms with van der Waals surface area (Å²) >= 11 is 6.03. The predicted molar refractivity (Wildman–Crippen MR) is 92.2 cm³/mol. The molecule has 130 valence electrons.